The van der Waals surface area contributed by atoms with Crippen LogP contribution < -0.4 is 10.6 Å². The highest BCUT2D eigenvalue weighted by Crippen LogP contribution is 2.35. The number of anilines is 2. The Balaban J connectivity index is 0.00000148. The van der Waals surface area contributed by atoms with Crippen LogP contribution in [0.4, 0.5) is 11.5 Å². The maximum atomic E-state index is 13.0. The first kappa shape index (κ1) is 25.2. The van der Waals surface area contributed by atoms with E-state index in [1.54, 1.807) is 25.4 Å². The number of carbonyl (C=O) groups is 1. The van der Waals surface area contributed by atoms with Crippen LogP contribution in [0.2, 0.25) is 0 Å². The van der Waals surface area contributed by atoms with E-state index in [4.69, 9.17) is 5.26 Å². The van der Waals surface area contributed by atoms with E-state index in [2.05, 4.69) is 22.3 Å². The molecule has 0 radical (unpaired) electrons. The molecule has 0 bridgehead atoms. The van der Waals surface area contributed by atoms with Crippen LogP contribution in [-0.2, 0) is 29.7 Å². The van der Waals surface area contributed by atoms with Crippen molar-refractivity contribution in [2.24, 2.45) is 5.92 Å². The third kappa shape index (κ3) is 5.17. The maximum absolute atomic E-state index is 13.0. The van der Waals surface area contributed by atoms with E-state index in [1.807, 2.05) is 47.2 Å². The first-order chi connectivity index (χ1) is 17.5. The number of aldehydes is 1. The average Bonchev–Trinajstić information content (AvgIpc) is 3.60. The molecule has 10 heteroatoms. The molecule has 36 heavy (non-hydrogen) atoms. The Morgan fingerprint density at radius 2 is 1.92 bits per heavy atom. The molecule has 2 aromatic carbocycles. The molecular weight excluding hydrogens is 476 g/mol. The lowest BCUT2D eigenvalue weighted by atomic mass is 10.1. The molecule has 0 spiro atoms. The van der Waals surface area contributed by atoms with Crippen molar-refractivity contribution in [1.82, 2.24) is 19.4 Å². The SMILES string of the molecule is C#N.CN/C=C\c1c(C=O)c(Nc2ccc3c(c2)CN(Cc2ccccc2)S3(=O)=O)nn1CC1CC1. The lowest BCUT2D eigenvalue weighted by Gasteiger charge is -2.14. The molecule has 2 heterocycles. The third-order valence-electron chi connectivity index (χ3n) is 6.17. The number of rotatable bonds is 9. The van der Waals surface area contributed by atoms with Gasteiger partial charge in [0.2, 0.25) is 10.0 Å². The van der Waals surface area contributed by atoms with Crippen molar-refractivity contribution in [2.75, 3.05) is 12.4 Å². The second-order valence-corrected chi connectivity index (χ2v) is 10.6. The molecule has 1 aromatic heterocycles. The summed E-state index contributed by atoms with van der Waals surface area (Å²) in [6.07, 6.45) is 6.79. The topological polar surface area (TPSA) is 120 Å². The summed E-state index contributed by atoms with van der Waals surface area (Å²) >= 11 is 0. The third-order valence-corrected chi connectivity index (χ3v) is 8.07. The first-order valence-corrected chi connectivity index (χ1v) is 13.0. The van der Waals surface area contributed by atoms with Crippen molar-refractivity contribution in [2.45, 2.75) is 37.4 Å². The van der Waals surface area contributed by atoms with E-state index in [1.165, 1.54) is 17.1 Å². The number of benzene rings is 2. The lowest BCUT2D eigenvalue weighted by Crippen LogP contribution is -2.23. The Morgan fingerprint density at radius 1 is 1.17 bits per heavy atom. The largest absolute Gasteiger partial charge is 0.394 e. The van der Waals surface area contributed by atoms with E-state index in [0.29, 0.717) is 41.0 Å². The first-order valence-electron chi connectivity index (χ1n) is 11.6. The summed E-state index contributed by atoms with van der Waals surface area (Å²) in [5.74, 6) is 1.06. The van der Waals surface area contributed by atoms with E-state index < -0.39 is 10.0 Å². The molecule has 0 saturated heterocycles. The second kappa shape index (κ2) is 10.8. The van der Waals surface area contributed by atoms with Gasteiger partial charge in [-0.25, -0.2) is 13.7 Å². The molecule has 3 aromatic rings. The Kier molecular flexibility index (Phi) is 7.52. The van der Waals surface area contributed by atoms with E-state index in [-0.39, 0.29) is 0 Å². The monoisotopic (exact) mass is 504 g/mol. The summed E-state index contributed by atoms with van der Waals surface area (Å²) in [6, 6.07) is 14.7. The minimum Gasteiger partial charge on any atom is -0.394 e. The number of sulfonamides is 1. The standard InChI is InChI=1S/C25H27N5O3S.CHN/c1-26-12-11-23-22(17-31)25(28-30(23)15-19-7-8-19)27-21-9-10-24-20(13-21)16-29(34(24,32)33)14-18-5-3-2-4-6-18;1-2/h2-6,9-13,17,19,26H,7-8,14-16H2,1H3,(H,27,28);1H/b12-11-;. The van der Waals surface area contributed by atoms with E-state index in [9.17, 15) is 13.2 Å². The van der Waals surface area contributed by atoms with Crippen LogP contribution in [0, 0.1) is 17.8 Å². The highest BCUT2D eigenvalue weighted by molar-refractivity contribution is 7.89. The number of hydrogen-bond donors (Lipinski definition) is 2. The van der Waals surface area contributed by atoms with Crippen LogP contribution in [0.25, 0.3) is 6.08 Å². The highest BCUT2D eigenvalue weighted by Gasteiger charge is 2.34. The van der Waals surface area contributed by atoms with E-state index >= 15 is 0 Å². The number of carbonyl (C=O) groups excluding carboxylic acids is 1. The van der Waals surface area contributed by atoms with Crippen LogP contribution in [0.15, 0.2) is 59.6 Å². The number of nitriles is 1. The van der Waals surface area contributed by atoms with Gasteiger partial charge in [0, 0.05) is 38.9 Å². The van der Waals surface area contributed by atoms with Crippen molar-refractivity contribution in [1.29, 1.82) is 5.26 Å². The number of fused-ring (bicyclic) bond motifs is 1. The summed E-state index contributed by atoms with van der Waals surface area (Å²) in [7, 11) is -1.75. The van der Waals surface area contributed by atoms with Gasteiger partial charge in [-0.1, -0.05) is 30.3 Å². The summed E-state index contributed by atoms with van der Waals surface area (Å²) in [5.41, 5.74) is 3.58. The molecule has 2 aliphatic rings. The fourth-order valence-corrected chi connectivity index (χ4v) is 5.83. The summed E-state index contributed by atoms with van der Waals surface area (Å²) in [5, 5.41) is 17.4. The molecule has 1 saturated carbocycles. The molecule has 1 aliphatic carbocycles. The Hall–Kier alpha value is -3.94. The molecule has 5 rings (SSSR count). The van der Waals surface area contributed by atoms with Crippen molar-refractivity contribution >= 4 is 33.9 Å². The van der Waals surface area contributed by atoms with Gasteiger partial charge in [-0.15, -0.1) is 0 Å². The predicted octanol–water partition coefficient (Wildman–Crippen LogP) is 3.88. The minimum absolute atomic E-state index is 0.300. The van der Waals surface area contributed by atoms with Gasteiger partial charge in [0.25, 0.3) is 0 Å². The van der Waals surface area contributed by atoms with Crippen molar-refractivity contribution in [3.63, 3.8) is 0 Å². The maximum Gasteiger partial charge on any atom is 0.244 e. The van der Waals surface area contributed by atoms with Crippen LogP contribution in [0.1, 0.15) is 40.0 Å². The molecule has 0 unspecified atom stereocenters. The number of aromatic nitrogens is 2. The van der Waals surface area contributed by atoms with Gasteiger partial charge in [-0.05, 0) is 60.4 Å². The fourth-order valence-electron chi connectivity index (χ4n) is 4.23. The molecule has 0 amide bonds. The fraction of sp³-hybridized carbons (Fsp3) is 0.269. The van der Waals surface area contributed by atoms with Crippen LogP contribution >= 0.6 is 0 Å². The zero-order chi connectivity index (χ0) is 25.7. The Morgan fingerprint density at radius 3 is 2.58 bits per heavy atom. The van der Waals surface area contributed by atoms with Gasteiger partial charge in [-0.3, -0.25) is 9.48 Å². The van der Waals surface area contributed by atoms with Gasteiger partial charge in [-0.2, -0.15) is 9.40 Å². The Bertz CT molecular complexity index is 1390. The van der Waals surface area contributed by atoms with Crippen molar-refractivity contribution in [3.05, 3.63) is 77.1 Å². The van der Waals surface area contributed by atoms with Gasteiger partial charge in [0.15, 0.2) is 12.1 Å². The highest BCUT2D eigenvalue weighted by atomic mass is 32.2. The van der Waals surface area contributed by atoms with Gasteiger partial charge in [0.1, 0.15) is 0 Å². The zero-order valence-corrected chi connectivity index (χ0v) is 20.8. The molecule has 186 valence electrons. The molecule has 1 fully saturated rings. The predicted molar refractivity (Wildman–Crippen MR) is 138 cm³/mol. The van der Waals surface area contributed by atoms with Gasteiger partial charge >= 0.3 is 0 Å². The van der Waals surface area contributed by atoms with Crippen LogP contribution in [-0.4, -0.2) is 35.8 Å². The molecule has 0 atom stereocenters. The number of nitrogens with zero attached hydrogens (tertiary/aromatic N) is 4. The molecule has 9 nitrogen and oxygen atoms in total. The van der Waals surface area contributed by atoms with Crippen LogP contribution in [0.3, 0.4) is 0 Å². The van der Waals surface area contributed by atoms with Gasteiger partial charge < -0.3 is 10.6 Å². The average molecular weight is 505 g/mol. The number of hydrogen-bond acceptors (Lipinski definition) is 7. The van der Waals surface area contributed by atoms with Crippen LogP contribution in [0.5, 0.6) is 0 Å². The molecular formula is C26H28N6O3S. The minimum atomic E-state index is -3.55. The Labute approximate surface area is 211 Å². The number of nitrogens with one attached hydrogen (secondary N) is 2. The summed E-state index contributed by atoms with van der Waals surface area (Å²) < 4.78 is 29.4. The van der Waals surface area contributed by atoms with Crippen molar-refractivity contribution in [3.8, 4) is 6.57 Å². The summed E-state index contributed by atoms with van der Waals surface area (Å²) in [6.45, 7) is 4.89. The zero-order valence-electron chi connectivity index (χ0n) is 20.0. The van der Waals surface area contributed by atoms with E-state index in [0.717, 1.165) is 29.7 Å². The second-order valence-electron chi connectivity index (χ2n) is 8.72. The smallest absolute Gasteiger partial charge is 0.244 e. The molecule has 1 aliphatic heterocycles. The normalized spacial score (nSPS) is 16.2. The van der Waals surface area contributed by atoms with Gasteiger partial charge in [0.05, 0.1) is 16.2 Å². The van der Waals surface area contributed by atoms with Crippen molar-refractivity contribution < 1.29 is 13.2 Å². The molecule has 2 N–H and O–H groups in total. The quantitative estimate of drug-likeness (QED) is 0.424. The summed E-state index contributed by atoms with van der Waals surface area (Å²) in [4.78, 5) is 12.3. The lowest BCUT2D eigenvalue weighted by molar-refractivity contribution is 0.112.